The third kappa shape index (κ3) is 10.5. The van der Waals surface area contributed by atoms with E-state index in [1.807, 2.05) is 4.90 Å². The zero-order valence-electron chi connectivity index (χ0n) is 24.3. The quantitative estimate of drug-likeness (QED) is 0.239. The average Bonchev–Trinajstić information content (AvgIpc) is 2.97. The molecule has 4 N–H and O–H groups in total. The zero-order valence-corrected chi connectivity index (χ0v) is 24.3. The fourth-order valence-electron chi connectivity index (χ4n) is 5.88. The van der Waals surface area contributed by atoms with Gasteiger partial charge in [0.05, 0.1) is 33.9 Å². The summed E-state index contributed by atoms with van der Waals surface area (Å²) in [6, 6.07) is 5.13. The minimum atomic E-state index is -2.07. The molecule has 14 heteroatoms. The van der Waals surface area contributed by atoms with Crippen molar-refractivity contribution >= 4 is 29.8 Å². The SMILES string of the molecule is COc1cc2c(cc1OC)C[NH+](C1CCC[NH+](CC3CCN(C(C)=O)CC3)C1)CC2.O=C([O-])C(=O)O.O=C([O-])C(=O)O. The molecule has 2 fully saturated rings. The van der Waals surface area contributed by atoms with E-state index in [2.05, 4.69) is 12.1 Å². The predicted molar refractivity (Wildman–Crippen MR) is 142 cm³/mol. The van der Waals surface area contributed by atoms with E-state index in [1.165, 1.54) is 63.0 Å². The minimum Gasteiger partial charge on any atom is -0.539 e. The number of rotatable bonds is 5. The number of piperidine rings is 2. The summed E-state index contributed by atoms with van der Waals surface area (Å²) >= 11 is 0. The summed E-state index contributed by atoms with van der Waals surface area (Å²) in [5.74, 6) is -5.30. The van der Waals surface area contributed by atoms with Gasteiger partial charge < -0.3 is 54.2 Å². The Morgan fingerprint density at radius 1 is 0.905 bits per heavy atom. The number of nitrogens with one attached hydrogen (secondary N) is 2. The Morgan fingerprint density at radius 3 is 1.90 bits per heavy atom. The van der Waals surface area contributed by atoms with Crippen LogP contribution in [0.3, 0.4) is 0 Å². The van der Waals surface area contributed by atoms with Crippen LogP contribution in [-0.4, -0.2) is 104 Å². The summed E-state index contributed by atoms with van der Waals surface area (Å²) in [6.07, 6.45) is 6.18. The number of methoxy groups -OCH3 is 2. The first-order valence-electron chi connectivity index (χ1n) is 13.9. The molecule has 42 heavy (non-hydrogen) atoms. The van der Waals surface area contributed by atoms with E-state index in [0.717, 1.165) is 49.5 Å². The molecule has 0 spiro atoms. The summed E-state index contributed by atoms with van der Waals surface area (Å²) in [5, 5.41) is 32.6. The number of hydrogen-bond acceptors (Lipinski definition) is 9. The van der Waals surface area contributed by atoms with E-state index in [1.54, 1.807) is 30.9 Å². The minimum absolute atomic E-state index is 0.238. The smallest absolute Gasteiger partial charge is 0.351 e. The first-order chi connectivity index (χ1) is 19.9. The van der Waals surface area contributed by atoms with Crippen molar-refractivity contribution in [1.29, 1.82) is 0 Å². The van der Waals surface area contributed by atoms with E-state index in [0.29, 0.717) is 0 Å². The van der Waals surface area contributed by atoms with Crippen molar-refractivity contribution in [3.63, 3.8) is 0 Å². The van der Waals surface area contributed by atoms with Crippen LogP contribution in [0.2, 0.25) is 0 Å². The number of amides is 1. The normalized spacial score (nSPS) is 21.7. The number of carboxylic acids is 4. The van der Waals surface area contributed by atoms with Gasteiger partial charge in [-0.1, -0.05) is 0 Å². The van der Waals surface area contributed by atoms with Crippen molar-refractivity contribution < 1.29 is 63.7 Å². The lowest BCUT2D eigenvalue weighted by Crippen LogP contribution is -3.24. The molecule has 3 unspecified atom stereocenters. The number of carbonyl (C=O) groups is 5. The largest absolute Gasteiger partial charge is 0.539 e. The Kier molecular flexibility index (Phi) is 13.5. The lowest BCUT2D eigenvalue weighted by molar-refractivity contribution is -0.994. The highest BCUT2D eigenvalue weighted by Gasteiger charge is 2.35. The number of hydrogen-bond donors (Lipinski definition) is 4. The van der Waals surface area contributed by atoms with Crippen LogP contribution in [0.15, 0.2) is 12.1 Å². The standard InChI is InChI=1S/C24H37N3O3.2C2H2O4/c1-18(28)26-10-6-19(7-11-26)15-25-9-4-5-22(17-25)27-12-8-20-13-23(29-2)24(30-3)14-21(20)16-27;2*3-1(4)2(5)6/h13-14,19,22H,4-12,15-17H2,1-3H3;2*(H,3,4)(H,5,6). The predicted octanol–water partition coefficient (Wildman–Crippen LogP) is -4.41. The number of nitrogens with zero attached hydrogens (tertiary/aromatic N) is 1. The van der Waals surface area contributed by atoms with Gasteiger partial charge in [-0.3, -0.25) is 4.79 Å². The molecule has 2 saturated heterocycles. The van der Waals surface area contributed by atoms with Gasteiger partial charge in [-0.15, -0.1) is 0 Å². The van der Waals surface area contributed by atoms with Crippen molar-refractivity contribution in [2.45, 2.75) is 51.6 Å². The third-order valence-electron chi connectivity index (χ3n) is 8.02. The Bertz CT molecular complexity index is 1070. The summed E-state index contributed by atoms with van der Waals surface area (Å²) in [5.41, 5.74) is 2.85. The lowest BCUT2D eigenvalue weighted by Gasteiger charge is -2.39. The van der Waals surface area contributed by atoms with Crippen LogP contribution in [-0.2, 0) is 36.9 Å². The molecule has 1 amide bonds. The number of carbonyl (C=O) groups excluding carboxylic acids is 3. The molecular formula is C28H41N3O11. The fourth-order valence-corrected chi connectivity index (χ4v) is 5.88. The first kappa shape index (κ1) is 34.3. The zero-order chi connectivity index (χ0) is 31.4. The Balaban J connectivity index is 0.000000434. The van der Waals surface area contributed by atoms with E-state index in [-0.39, 0.29) is 5.91 Å². The van der Waals surface area contributed by atoms with Gasteiger partial charge in [-0.25, -0.2) is 9.59 Å². The van der Waals surface area contributed by atoms with Crippen LogP contribution in [0.25, 0.3) is 0 Å². The molecule has 0 radical (unpaired) electrons. The Morgan fingerprint density at radius 2 is 1.43 bits per heavy atom. The maximum Gasteiger partial charge on any atom is 0.351 e. The number of carboxylic acid groups (broad SMARTS) is 4. The van der Waals surface area contributed by atoms with Gasteiger partial charge in [0.1, 0.15) is 19.1 Å². The molecule has 1 aromatic carbocycles. The average molecular weight is 596 g/mol. The molecule has 3 aliphatic rings. The second-order valence-corrected chi connectivity index (χ2v) is 10.7. The van der Waals surface area contributed by atoms with Crippen LogP contribution in [0.5, 0.6) is 11.5 Å². The molecule has 14 nitrogen and oxygen atoms in total. The molecule has 234 valence electrons. The maximum atomic E-state index is 11.6. The fraction of sp³-hybridized carbons (Fsp3) is 0.607. The van der Waals surface area contributed by atoms with E-state index >= 15 is 0 Å². The van der Waals surface area contributed by atoms with Crippen molar-refractivity contribution in [2.24, 2.45) is 5.92 Å². The molecular weight excluding hydrogens is 554 g/mol. The number of quaternary nitrogens is 2. The summed E-state index contributed by atoms with van der Waals surface area (Å²) in [6.45, 7) is 9.83. The first-order valence-corrected chi connectivity index (χ1v) is 13.9. The highest BCUT2D eigenvalue weighted by molar-refractivity contribution is 6.26. The maximum absolute atomic E-state index is 11.6. The lowest BCUT2D eigenvalue weighted by atomic mass is 9.93. The number of ether oxygens (including phenoxy) is 2. The number of likely N-dealkylation sites (tertiary alicyclic amines) is 2. The topological polar surface area (TPSA) is 203 Å². The van der Waals surface area contributed by atoms with Gasteiger partial charge in [0.25, 0.3) is 0 Å². The van der Waals surface area contributed by atoms with Crippen LogP contribution < -0.4 is 29.5 Å². The van der Waals surface area contributed by atoms with Gasteiger partial charge >= 0.3 is 11.9 Å². The van der Waals surface area contributed by atoms with Gasteiger partial charge in [0, 0.05) is 50.8 Å². The van der Waals surface area contributed by atoms with Gasteiger partial charge in [-0.05, 0) is 30.5 Å². The van der Waals surface area contributed by atoms with E-state index < -0.39 is 23.9 Å². The summed E-state index contributed by atoms with van der Waals surface area (Å²) < 4.78 is 11.0. The molecule has 0 aliphatic carbocycles. The monoisotopic (exact) mass is 595 g/mol. The number of aliphatic carboxylic acids is 4. The Hall–Kier alpha value is -3.91. The van der Waals surface area contributed by atoms with Gasteiger partial charge in [-0.2, -0.15) is 0 Å². The number of benzene rings is 1. The highest BCUT2D eigenvalue weighted by Crippen LogP contribution is 2.31. The van der Waals surface area contributed by atoms with Crippen LogP contribution in [0.1, 0.15) is 43.7 Å². The molecule has 0 aromatic heterocycles. The molecule has 4 rings (SSSR count). The summed E-state index contributed by atoms with van der Waals surface area (Å²) in [4.78, 5) is 53.2. The van der Waals surface area contributed by atoms with Crippen molar-refractivity contribution in [3.8, 4) is 11.5 Å². The van der Waals surface area contributed by atoms with Crippen LogP contribution in [0.4, 0.5) is 0 Å². The molecule has 0 saturated carbocycles. The highest BCUT2D eigenvalue weighted by atomic mass is 16.5. The summed E-state index contributed by atoms with van der Waals surface area (Å²) in [7, 11) is 3.44. The third-order valence-corrected chi connectivity index (χ3v) is 8.02. The van der Waals surface area contributed by atoms with Crippen molar-refractivity contribution in [1.82, 2.24) is 4.90 Å². The molecule has 3 heterocycles. The van der Waals surface area contributed by atoms with Crippen molar-refractivity contribution in [3.05, 3.63) is 23.3 Å². The second-order valence-electron chi connectivity index (χ2n) is 10.7. The molecule has 3 aliphatic heterocycles. The second kappa shape index (κ2) is 16.5. The van der Waals surface area contributed by atoms with E-state index in [4.69, 9.17) is 49.1 Å². The molecule has 0 bridgehead atoms. The molecule has 3 atom stereocenters. The van der Waals surface area contributed by atoms with E-state index in [9.17, 15) is 4.79 Å². The molecule has 1 aromatic rings. The van der Waals surface area contributed by atoms with Crippen LogP contribution in [0, 0.1) is 5.92 Å². The number of fused-ring (bicyclic) bond motifs is 1. The van der Waals surface area contributed by atoms with Crippen molar-refractivity contribution in [2.75, 3.05) is 53.5 Å². The van der Waals surface area contributed by atoms with Crippen LogP contribution >= 0.6 is 0 Å². The Labute approximate surface area is 244 Å². The van der Waals surface area contributed by atoms with Gasteiger partial charge in [0.15, 0.2) is 23.4 Å². The van der Waals surface area contributed by atoms with Gasteiger partial charge in [0.2, 0.25) is 5.91 Å².